The zero-order valence-electron chi connectivity index (χ0n) is 13.0. The summed E-state index contributed by atoms with van der Waals surface area (Å²) in [5.41, 5.74) is 1.94. The minimum Gasteiger partial charge on any atom is -0.497 e. The second-order valence-electron chi connectivity index (χ2n) is 5.38. The molecule has 0 radical (unpaired) electrons. The zero-order valence-corrected chi connectivity index (χ0v) is 13.9. The fraction of sp³-hybridized carbons (Fsp3) is 0.111. The zero-order chi connectivity index (χ0) is 16.5. The van der Waals surface area contributed by atoms with E-state index in [1.165, 1.54) is 11.3 Å². The van der Waals surface area contributed by atoms with Gasteiger partial charge in [-0.25, -0.2) is 5.01 Å². The predicted molar refractivity (Wildman–Crippen MR) is 94.8 cm³/mol. The molecule has 1 aliphatic rings. The van der Waals surface area contributed by atoms with E-state index in [1.54, 1.807) is 11.7 Å². The lowest BCUT2D eigenvalue weighted by Crippen LogP contribution is -2.31. The van der Waals surface area contributed by atoms with Crippen molar-refractivity contribution in [2.45, 2.75) is 6.67 Å². The summed E-state index contributed by atoms with van der Waals surface area (Å²) in [5.74, 6) is 0.797. The van der Waals surface area contributed by atoms with Crippen LogP contribution in [0.4, 0.5) is 5.69 Å². The van der Waals surface area contributed by atoms with Crippen LogP contribution in [0.5, 0.6) is 5.75 Å². The van der Waals surface area contributed by atoms with Crippen LogP contribution in [0, 0.1) is 0 Å². The van der Waals surface area contributed by atoms with Gasteiger partial charge in [-0.1, -0.05) is 41.7 Å². The summed E-state index contributed by atoms with van der Waals surface area (Å²) in [6, 6.07) is 17.5. The molecule has 5 nitrogen and oxygen atoms in total. The van der Waals surface area contributed by atoms with Crippen LogP contribution < -0.4 is 24.6 Å². The summed E-state index contributed by atoms with van der Waals surface area (Å²) < 4.78 is 7.54. The Bertz CT molecular complexity index is 1040. The maximum absolute atomic E-state index is 12.6. The normalized spacial score (nSPS) is 13.7. The second-order valence-corrected chi connectivity index (χ2v) is 6.39. The fourth-order valence-electron chi connectivity index (χ4n) is 2.57. The molecule has 24 heavy (non-hydrogen) atoms. The summed E-state index contributed by atoms with van der Waals surface area (Å²) in [4.78, 5) is 13.3. The van der Waals surface area contributed by atoms with Crippen molar-refractivity contribution in [3.63, 3.8) is 0 Å². The highest BCUT2D eigenvalue weighted by Crippen LogP contribution is 2.15. The number of ether oxygens (including phenoxy) is 1. The molecule has 0 aliphatic carbocycles. The van der Waals surface area contributed by atoms with Crippen LogP contribution in [0.1, 0.15) is 5.56 Å². The monoisotopic (exact) mass is 337 g/mol. The summed E-state index contributed by atoms with van der Waals surface area (Å²) in [7, 11) is 1.63. The Hall–Kier alpha value is -2.86. The lowest BCUT2D eigenvalue weighted by Gasteiger charge is -2.12. The SMILES string of the molecule is COc1ccc(/C=c2/sc3n(c2=O)CN(c2ccccc2)N=3)cc1. The first kappa shape index (κ1) is 14.7. The number of thiazole rings is 1. The molecule has 0 N–H and O–H groups in total. The Morgan fingerprint density at radius 2 is 1.88 bits per heavy atom. The van der Waals surface area contributed by atoms with Crippen LogP contribution in [0.15, 0.2) is 64.5 Å². The third kappa shape index (κ3) is 2.61. The van der Waals surface area contributed by atoms with Crippen molar-refractivity contribution in [1.82, 2.24) is 4.57 Å². The van der Waals surface area contributed by atoms with Crippen molar-refractivity contribution >= 4 is 23.1 Å². The average molecular weight is 337 g/mol. The molecule has 0 spiro atoms. The van der Waals surface area contributed by atoms with Gasteiger partial charge in [-0.05, 0) is 35.9 Å². The van der Waals surface area contributed by atoms with Crippen LogP contribution in [-0.2, 0) is 6.67 Å². The van der Waals surface area contributed by atoms with E-state index >= 15 is 0 Å². The van der Waals surface area contributed by atoms with Gasteiger partial charge in [0.1, 0.15) is 12.4 Å². The molecule has 0 atom stereocenters. The molecule has 2 heterocycles. The Morgan fingerprint density at radius 3 is 2.54 bits per heavy atom. The highest BCUT2D eigenvalue weighted by Gasteiger charge is 2.17. The molecule has 1 aromatic heterocycles. The van der Waals surface area contributed by atoms with E-state index in [0.29, 0.717) is 11.2 Å². The van der Waals surface area contributed by atoms with E-state index in [4.69, 9.17) is 4.74 Å². The van der Waals surface area contributed by atoms with Crippen LogP contribution in [0.25, 0.3) is 6.08 Å². The molecule has 0 fully saturated rings. The Balaban J connectivity index is 1.71. The van der Waals surface area contributed by atoms with E-state index in [-0.39, 0.29) is 5.56 Å². The van der Waals surface area contributed by atoms with Gasteiger partial charge in [0, 0.05) is 0 Å². The van der Waals surface area contributed by atoms with Crippen LogP contribution in [0.3, 0.4) is 0 Å². The van der Waals surface area contributed by atoms with E-state index < -0.39 is 0 Å². The smallest absolute Gasteiger partial charge is 0.271 e. The first-order valence-electron chi connectivity index (χ1n) is 7.51. The Morgan fingerprint density at radius 1 is 1.12 bits per heavy atom. The lowest BCUT2D eigenvalue weighted by atomic mass is 10.2. The van der Waals surface area contributed by atoms with E-state index in [1.807, 2.05) is 65.7 Å². The largest absolute Gasteiger partial charge is 0.497 e. The highest BCUT2D eigenvalue weighted by molar-refractivity contribution is 7.07. The average Bonchev–Trinajstić information content (AvgIpc) is 3.17. The first-order chi connectivity index (χ1) is 11.7. The Labute approximate surface area is 142 Å². The summed E-state index contributed by atoms with van der Waals surface area (Å²) in [6.07, 6.45) is 1.89. The highest BCUT2D eigenvalue weighted by atomic mass is 32.1. The topological polar surface area (TPSA) is 46.8 Å². The number of hydrogen-bond acceptors (Lipinski definition) is 5. The minimum absolute atomic E-state index is 0.00648. The molecule has 6 heteroatoms. The number of fused-ring (bicyclic) bond motifs is 1. The van der Waals surface area contributed by atoms with Crippen LogP contribution in [-0.4, -0.2) is 11.7 Å². The third-order valence-corrected chi connectivity index (χ3v) is 4.83. The fourth-order valence-corrected chi connectivity index (χ4v) is 3.55. The summed E-state index contributed by atoms with van der Waals surface area (Å²) in [5, 5.41) is 6.38. The van der Waals surface area contributed by atoms with Crippen molar-refractivity contribution in [1.29, 1.82) is 0 Å². The van der Waals surface area contributed by atoms with Crippen molar-refractivity contribution in [3.8, 4) is 5.75 Å². The minimum atomic E-state index is -0.00648. The number of rotatable bonds is 3. The van der Waals surface area contributed by atoms with E-state index in [9.17, 15) is 4.79 Å². The van der Waals surface area contributed by atoms with Gasteiger partial charge >= 0.3 is 0 Å². The number of aromatic nitrogens is 1. The summed E-state index contributed by atoms with van der Waals surface area (Å²) >= 11 is 1.41. The van der Waals surface area contributed by atoms with Gasteiger partial charge in [-0.3, -0.25) is 9.36 Å². The number of nitrogens with zero attached hydrogens (tertiary/aromatic N) is 3. The number of para-hydroxylation sites is 1. The molecule has 120 valence electrons. The number of anilines is 1. The molecule has 1 aliphatic heterocycles. The molecule has 3 aromatic rings. The van der Waals surface area contributed by atoms with E-state index in [2.05, 4.69) is 5.10 Å². The van der Waals surface area contributed by atoms with Crippen LogP contribution >= 0.6 is 11.3 Å². The predicted octanol–water partition coefficient (Wildman–Crippen LogP) is 1.76. The number of benzene rings is 2. The van der Waals surface area contributed by atoms with Crippen molar-refractivity contribution in [3.05, 3.63) is 79.8 Å². The molecule has 0 bridgehead atoms. The van der Waals surface area contributed by atoms with Crippen LogP contribution in [0.2, 0.25) is 0 Å². The van der Waals surface area contributed by atoms with E-state index in [0.717, 1.165) is 21.8 Å². The van der Waals surface area contributed by atoms with Gasteiger partial charge in [0.25, 0.3) is 5.56 Å². The van der Waals surface area contributed by atoms with Crippen molar-refractivity contribution in [2.75, 3.05) is 12.1 Å². The molecule has 0 saturated heterocycles. The van der Waals surface area contributed by atoms with Gasteiger partial charge in [-0.2, -0.15) is 0 Å². The molecule has 0 saturated carbocycles. The maximum Gasteiger partial charge on any atom is 0.271 e. The lowest BCUT2D eigenvalue weighted by molar-refractivity contribution is 0.415. The van der Waals surface area contributed by atoms with Crippen molar-refractivity contribution in [2.24, 2.45) is 5.10 Å². The molecule has 0 amide bonds. The first-order valence-corrected chi connectivity index (χ1v) is 8.33. The molecule has 0 unspecified atom stereocenters. The molecule has 4 rings (SSSR count). The second kappa shape index (κ2) is 5.98. The maximum atomic E-state index is 12.6. The quantitative estimate of drug-likeness (QED) is 0.732. The van der Waals surface area contributed by atoms with Gasteiger partial charge < -0.3 is 4.74 Å². The number of methoxy groups -OCH3 is 1. The molecular formula is C18H15N3O2S. The molecular weight excluding hydrogens is 322 g/mol. The van der Waals surface area contributed by atoms with Gasteiger partial charge in [0.05, 0.1) is 17.3 Å². The Kier molecular flexibility index (Phi) is 3.66. The van der Waals surface area contributed by atoms with Gasteiger partial charge in [-0.15, -0.1) is 5.10 Å². The van der Waals surface area contributed by atoms with Crippen molar-refractivity contribution < 1.29 is 4.74 Å². The number of hydrogen-bond donors (Lipinski definition) is 0. The molecule has 2 aromatic carbocycles. The summed E-state index contributed by atoms with van der Waals surface area (Å²) in [6.45, 7) is 0.450. The standard InChI is InChI=1S/C18H15N3O2S/c1-23-15-9-7-13(8-10-15)11-16-17(22)20-12-21(19-18(20)24-16)14-5-3-2-4-6-14/h2-11H,12H2,1H3/b16-11+. The van der Waals surface area contributed by atoms with Gasteiger partial charge in [0.15, 0.2) is 0 Å². The van der Waals surface area contributed by atoms with Gasteiger partial charge in [0.2, 0.25) is 4.80 Å². The third-order valence-electron chi connectivity index (χ3n) is 3.84.